The van der Waals surface area contributed by atoms with E-state index >= 15 is 0 Å². The van der Waals surface area contributed by atoms with E-state index in [1.807, 2.05) is 6.92 Å². The topological polar surface area (TPSA) is 112 Å². The van der Waals surface area contributed by atoms with Gasteiger partial charge in [-0.1, -0.05) is 31.5 Å². The minimum Gasteiger partial charge on any atom is -0.481 e. The molecular weight excluding hydrogens is 410 g/mol. The monoisotopic (exact) mass is 431 g/mol. The second kappa shape index (κ2) is 9.45. The number of anilines is 1. The number of benzene rings is 2. The number of ether oxygens (including phenoxy) is 2. The molecule has 0 saturated carbocycles. The first-order chi connectivity index (χ1) is 14.4. The minimum atomic E-state index is -3.80. The van der Waals surface area contributed by atoms with Gasteiger partial charge >= 0.3 is 11.6 Å². The Labute approximate surface area is 173 Å². The standard InChI is InChI=1S/C21H21NO7S/c1-2-3-11-27-21(24)14-28-19-13-20(23)29-18-10-9-15(12-17(18)19)22-30(25,26)16-7-5-4-6-8-16/h4-10,12-13,22H,2-3,11,14H2,1H3. The van der Waals surface area contributed by atoms with Crippen LogP contribution < -0.4 is 15.1 Å². The zero-order valence-electron chi connectivity index (χ0n) is 16.3. The first-order valence-electron chi connectivity index (χ1n) is 9.33. The van der Waals surface area contributed by atoms with Crippen molar-refractivity contribution in [2.45, 2.75) is 24.7 Å². The molecule has 1 heterocycles. The molecule has 0 spiro atoms. The Balaban J connectivity index is 1.84. The highest BCUT2D eigenvalue weighted by molar-refractivity contribution is 7.92. The molecule has 3 rings (SSSR count). The van der Waals surface area contributed by atoms with Crippen molar-refractivity contribution in [3.8, 4) is 5.75 Å². The molecule has 0 fully saturated rings. The van der Waals surface area contributed by atoms with Crippen LogP contribution in [0.25, 0.3) is 11.0 Å². The first kappa shape index (κ1) is 21.4. The van der Waals surface area contributed by atoms with Gasteiger partial charge in [-0.2, -0.15) is 0 Å². The molecule has 0 atom stereocenters. The highest BCUT2D eigenvalue weighted by atomic mass is 32.2. The fourth-order valence-corrected chi connectivity index (χ4v) is 3.71. The van der Waals surface area contributed by atoms with Crippen molar-refractivity contribution in [2.75, 3.05) is 17.9 Å². The number of rotatable bonds is 9. The third-order valence-electron chi connectivity index (χ3n) is 4.12. The van der Waals surface area contributed by atoms with Crippen LogP contribution in [0, 0.1) is 0 Å². The van der Waals surface area contributed by atoms with E-state index in [1.54, 1.807) is 18.2 Å². The van der Waals surface area contributed by atoms with Gasteiger partial charge in [0.1, 0.15) is 11.3 Å². The van der Waals surface area contributed by atoms with Crippen LogP contribution in [0.4, 0.5) is 5.69 Å². The molecule has 30 heavy (non-hydrogen) atoms. The van der Waals surface area contributed by atoms with Gasteiger partial charge in [-0.15, -0.1) is 0 Å². The van der Waals surface area contributed by atoms with Gasteiger partial charge in [0.25, 0.3) is 10.0 Å². The van der Waals surface area contributed by atoms with Crippen molar-refractivity contribution in [1.29, 1.82) is 0 Å². The van der Waals surface area contributed by atoms with Gasteiger partial charge in [0.05, 0.1) is 23.0 Å². The molecule has 158 valence electrons. The fourth-order valence-electron chi connectivity index (χ4n) is 2.64. The summed E-state index contributed by atoms with van der Waals surface area (Å²) in [6, 6.07) is 13.4. The maximum atomic E-state index is 12.5. The Bertz CT molecular complexity index is 1190. The molecule has 0 radical (unpaired) electrons. The summed E-state index contributed by atoms with van der Waals surface area (Å²) in [6.07, 6.45) is 1.63. The lowest BCUT2D eigenvalue weighted by Crippen LogP contribution is -2.16. The summed E-state index contributed by atoms with van der Waals surface area (Å²) in [5.74, 6) is -0.472. The van der Waals surface area contributed by atoms with Crippen LogP contribution >= 0.6 is 0 Å². The lowest BCUT2D eigenvalue weighted by atomic mass is 10.2. The van der Waals surface area contributed by atoms with Crippen molar-refractivity contribution in [3.63, 3.8) is 0 Å². The third-order valence-corrected chi connectivity index (χ3v) is 5.51. The summed E-state index contributed by atoms with van der Waals surface area (Å²) in [5, 5.41) is 0.337. The summed E-state index contributed by atoms with van der Waals surface area (Å²) in [7, 11) is -3.80. The first-order valence-corrected chi connectivity index (χ1v) is 10.8. The van der Waals surface area contributed by atoms with Crippen LogP contribution in [0.5, 0.6) is 5.75 Å². The maximum Gasteiger partial charge on any atom is 0.344 e. The molecular formula is C21H21NO7S. The van der Waals surface area contributed by atoms with Crippen molar-refractivity contribution in [2.24, 2.45) is 0 Å². The average molecular weight is 431 g/mol. The van der Waals surface area contributed by atoms with E-state index in [-0.39, 0.29) is 28.5 Å². The quantitative estimate of drug-likeness (QED) is 0.314. The van der Waals surface area contributed by atoms with E-state index in [4.69, 9.17) is 13.9 Å². The van der Waals surface area contributed by atoms with Gasteiger partial charge < -0.3 is 13.9 Å². The molecule has 0 unspecified atom stereocenters. The third kappa shape index (κ3) is 5.38. The number of hydrogen-bond acceptors (Lipinski definition) is 7. The normalized spacial score (nSPS) is 11.2. The molecule has 3 aromatic rings. The number of fused-ring (bicyclic) bond motifs is 1. The lowest BCUT2D eigenvalue weighted by molar-refractivity contribution is -0.146. The number of sulfonamides is 1. The van der Waals surface area contributed by atoms with Crippen LogP contribution in [-0.2, 0) is 19.6 Å². The van der Waals surface area contributed by atoms with E-state index in [1.165, 1.54) is 30.3 Å². The van der Waals surface area contributed by atoms with Gasteiger partial charge in [0.15, 0.2) is 6.61 Å². The summed E-state index contributed by atoms with van der Waals surface area (Å²) in [5.41, 5.74) is -0.218. The van der Waals surface area contributed by atoms with Crippen LogP contribution in [0.3, 0.4) is 0 Å². The maximum absolute atomic E-state index is 12.5. The predicted molar refractivity (Wildman–Crippen MR) is 111 cm³/mol. The summed E-state index contributed by atoms with van der Waals surface area (Å²) in [6.45, 7) is 1.88. The zero-order chi connectivity index (χ0) is 21.6. The second-order valence-electron chi connectivity index (χ2n) is 6.42. The van der Waals surface area contributed by atoms with Crippen molar-refractivity contribution >= 4 is 32.6 Å². The lowest BCUT2D eigenvalue weighted by Gasteiger charge is -2.11. The van der Waals surface area contributed by atoms with E-state index in [9.17, 15) is 18.0 Å². The van der Waals surface area contributed by atoms with Gasteiger partial charge in [-0.25, -0.2) is 18.0 Å². The minimum absolute atomic E-state index is 0.0921. The number of unbranched alkanes of at least 4 members (excludes halogenated alkanes) is 1. The molecule has 0 bridgehead atoms. The Morgan fingerprint density at radius 1 is 1.10 bits per heavy atom. The molecule has 9 heteroatoms. The van der Waals surface area contributed by atoms with E-state index in [0.717, 1.165) is 18.9 Å². The van der Waals surface area contributed by atoms with Gasteiger partial charge in [0, 0.05) is 5.69 Å². The van der Waals surface area contributed by atoms with Crippen LogP contribution in [0.15, 0.2) is 68.7 Å². The molecule has 0 amide bonds. The molecule has 2 aromatic carbocycles. The number of nitrogens with one attached hydrogen (secondary N) is 1. The van der Waals surface area contributed by atoms with Crippen molar-refractivity contribution in [1.82, 2.24) is 0 Å². The summed E-state index contributed by atoms with van der Waals surface area (Å²) < 4.78 is 43.2. The van der Waals surface area contributed by atoms with Gasteiger partial charge in [-0.05, 0) is 36.8 Å². The molecule has 0 saturated heterocycles. The summed E-state index contributed by atoms with van der Waals surface area (Å²) >= 11 is 0. The Kier molecular flexibility index (Phi) is 6.73. The molecule has 1 aromatic heterocycles. The molecule has 0 aliphatic heterocycles. The highest BCUT2D eigenvalue weighted by Gasteiger charge is 2.16. The smallest absolute Gasteiger partial charge is 0.344 e. The number of carbonyl (C=O) groups excluding carboxylic acids is 1. The Morgan fingerprint density at radius 2 is 1.87 bits per heavy atom. The van der Waals surface area contributed by atoms with E-state index in [2.05, 4.69) is 4.72 Å². The van der Waals surface area contributed by atoms with Crippen LogP contribution in [0.2, 0.25) is 0 Å². The zero-order valence-corrected chi connectivity index (χ0v) is 17.1. The van der Waals surface area contributed by atoms with Crippen LogP contribution in [0.1, 0.15) is 19.8 Å². The highest BCUT2D eigenvalue weighted by Crippen LogP contribution is 2.28. The molecule has 0 aliphatic carbocycles. The van der Waals surface area contributed by atoms with Crippen molar-refractivity contribution in [3.05, 3.63) is 65.0 Å². The van der Waals surface area contributed by atoms with E-state index in [0.29, 0.717) is 12.0 Å². The van der Waals surface area contributed by atoms with Crippen molar-refractivity contribution < 1.29 is 27.1 Å². The number of carbonyl (C=O) groups is 1. The Hall–Kier alpha value is -3.33. The molecule has 0 aliphatic rings. The number of hydrogen-bond donors (Lipinski definition) is 1. The average Bonchev–Trinajstić information content (AvgIpc) is 2.73. The largest absolute Gasteiger partial charge is 0.481 e. The molecule has 8 nitrogen and oxygen atoms in total. The predicted octanol–water partition coefficient (Wildman–Crippen LogP) is 3.32. The van der Waals surface area contributed by atoms with Crippen LogP contribution in [-0.4, -0.2) is 27.6 Å². The number of esters is 1. The summed E-state index contributed by atoms with van der Waals surface area (Å²) in [4.78, 5) is 23.7. The SMILES string of the molecule is CCCCOC(=O)COc1cc(=O)oc2ccc(NS(=O)(=O)c3ccccc3)cc12. The fraction of sp³-hybridized carbons (Fsp3) is 0.238. The molecule has 1 N–H and O–H groups in total. The second-order valence-corrected chi connectivity index (χ2v) is 8.10. The Morgan fingerprint density at radius 3 is 2.60 bits per heavy atom. The van der Waals surface area contributed by atoms with E-state index < -0.39 is 21.6 Å². The van der Waals surface area contributed by atoms with Gasteiger partial charge in [0.2, 0.25) is 0 Å². The van der Waals surface area contributed by atoms with Gasteiger partial charge in [-0.3, -0.25) is 4.72 Å².